The van der Waals surface area contributed by atoms with Crippen molar-refractivity contribution in [2.75, 3.05) is 39.4 Å². The Bertz CT molecular complexity index is 967. The van der Waals surface area contributed by atoms with Gasteiger partial charge in [-0.2, -0.15) is 13.2 Å². The first kappa shape index (κ1) is 20.5. The third-order valence-corrected chi connectivity index (χ3v) is 5.46. The molecule has 0 aliphatic carbocycles. The van der Waals surface area contributed by atoms with E-state index < -0.39 is 11.7 Å². The minimum absolute atomic E-state index is 0.0936. The summed E-state index contributed by atoms with van der Waals surface area (Å²) in [6, 6.07) is 12.8. The van der Waals surface area contributed by atoms with E-state index in [1.807, 2.05) is 0 Å². The first-order valence-corrected chi connectivity index (χ1v) is 9.81. The zero-order chi connectivity index (χ0) is 21.1. The molecule has 2 aromatic carbocycles. The Morgan fingerprint density at radius 2 is 1.70 bits per heavy atom. The van der Waals surface area contributed by atoms with Crippen LogP contribution >= 0.6 is 0 Å². The highest BCUT2D eigenvalue weighted by Crippen LogP contribution is 2.37. The molecule has 0 N–H and O–H groups in total. The highest BCUT2D eigenvalue weighted by Gasteiger charge is 2.34. The number of ether oxygens (including phenoxy) is 1. The van der Waals surface area contributed by atoms with Crippen molar-refractivity contribution in [3.05, 3.63) is 59.7 Å². The predicted molar refractivity (Wildman–Crippen MR) is 107 cm³/mol. The average molecular weight is 414 g/mol. The number of piperazine rings is 1. The second-order valence-electron chi connectivity index (χ2n) is 7.39. The second kappa shape index (κ2) is 8.50. The quantitative estimate of drug-likeness (QED) is 0.708. The van der Waals surface area contributed by atoms with Gasteiger partial charge in [-0.1, -0.05) is 42.3 Å². The number of halogens is 3. The van der Waals surface area contributed by atoms with Crippen molar-refractivity contribution >= 4 is 5.91 Å². The van der Waals surface area contributed by atoms with Crippen LogP contribution in [0.3, 0.4) is 0 Å². The van der Waals surface area contributed by atoms with Gasteiger partial charge in [0.25, 0.3) is 5.91 Å². The first-order valence-electron chi connectivity index (χ1n) is 9.81. The molecule has 0 bridgehead atoms. The van der Waals surface area contributed by atoms with Gasteiger partial charge < -0.3 is 9.64 Å². The van der Waals surface area contributed by atoms with Crippen molar-refractivity contribution in [1.29, 1.82) is 0 Å². The Kier molecular flexibility index (Phi) is 5.80. The summed E-state index contributed by atoms with van der Waals surface area (Å²) in [6.45, 7) is 4.09. The molecule has 2 aromatic rings. The predicted octanol–water partition coefficient (Wildman–Crippen LogP) is 3.27. The molecule has 4 rings (SSSR count). The standard InChI is InChI=1S/C23H21F3N2O2/c24-23(25,26)21-14-17(6-8-20(21)18-4-2-1-3-5-18)7-9-22(29)28-12-10-27(11-13-28)19-15-30-16-19/h1-6,8,14,19H,10-13,15-16H2. The highest BCUT2D eigenvalue weighted by atomic mass is 19.4. The van der Waals surface area contributed by atoms with Crippen LogP contribution in [0.25, 0.3) is 11.1 Å². The number of nitrogens with zero attached hydrogens (tertiary/aromatic N) is 2. The van der Waals surface area contributed by atoms with Crippen LogP contribution in [0.15, 0.2) is 48.5 Å². The summed E-state index contributed by atoms with van der Waals surface area (Å²) >= 11 is 0. The fourth-order valence-corrected chi connectivity index (χ4v) is 3.65. The summed E-state index contributed by atoms with van der Waals surface area (Å²) in [5, 5.41) is 0. The molecule has 4 nitrogen and oxygen atoms in total. The molecule has 156 valence electrons. The van der Waals surface area contributed by atoms with Crippen LogP contribution < -0.4 is 0 Å². The number of hydrogen-bond acceptors (Lipinski definition) is 3. The lowest BCUT2D eigenvalue weighted by atomic mass is 9.97. The van der Waals surface area contributed by atoms with Crippen LogP contribution in [0, 0.1) is 11.8 Å². The Morgan fingerprint density at radius 3 is 2.30 bits per heavy atom. The molecule has 0 saturated carbocycles. The Labute approximate surface area is 173 Å². The van der Waals surface area contributed by atoms with E-state index >= 15 is 0 Å². The third-order valence-electron chi connectivity index (χ3n) is 5.46. The average Bonchev–Trinajstić information content (AvgIpc) is 2.71. The summed E-state index contributed by atoms with van der Waals surface area (Å²) < 4.78 is 46.0. The van der Waals surface area contributed by atoms with E-state index in [1.54, 1.807) is 35.2 Å². The first-order chi connectivity index (χ1) is 14.4. The lowest BCUT2D eigenvalue weighted by Crippen LogP contribution is -2.57. The van der Waals surface area contributed by atoms with Crippen LogP contribution in [0.5, 0.6) is 0 Å². The van der Waals surface area contributed by atoms with E-state index in [0.717, 1.165) is 32.4 Å². The zero-order valence-corrected chi connectivity index (χ0v) is 16.3. The van der Waals surface area contributed by atoms with Gasteiger partial charge in [-0.15, -0.1) is 0 Å². The third kappa shape index (κ3) is 4.50. The minimum atomic E-state index is -4.52. The molecule has 0 aromatic heterocycles. The number of carbonyl (C=O) groups excluding carboxylic acids is 1. The monoisotopic (exact) mass is 414 g/mol. The van der Waals surface area contributed by atoms with Gasteiger partial charge in [-0.3, -0.25) is 9.69 Å². The van der Waals surface area contributed by atoms with Crippen LogP contribution in [0.4, 0.5) is 13.2 Å². The molecule has 0 radical (unpaired) electrons. The summed E-state index contributed by atoms with van der Waals surface area (Å²) in [7, 11) is 0. The topological polar surface area (TPSA) is 32.8 Å². The van der Waals surface area contributed by atoms with Crippen molar-refractivity contribution < 1.29 is 22.7 Å². The molecule has 7 heteroatoms. The molecule has 2 heterocycles. The van der Waals surface area contributed by atoms with Gasteiger partial charge in [0.1, 0.15) is 0 Å². The van der Waals surface area contributed by atoms with Crippen LogP contribution in [-0.4, -0.2) is 61.1 Å². The molecule has 0 unspecified atom stereocenters. The molecular weight excluding hydrogens is 393 g/mol. The number of alkyl halides is 3. The second-order valence-corrected chi connectivity index (χ2v) is 7.39. The fraction of sp³-hybridized carbons (Fsp3) is 0.348. The molecular formula is C23H21F3N2O2. The van der Waals surface area contributed by atoms with E-state index in [9.17, 15) is 18.0 Å². The number of amides is 1. The largest absolute Gasteiger partial charge is 0.417 e. The molecule has 2 aliphatic rings. The number of benzene rings is 2. The summed E-state index contributed by atoms with van der Waals surface area (Å²) in [5.74, 6) is 4.76. The summed E-state index contributed by atoms with van der Waals surface area (Å²) in [4.78, 5) is 16.3. The van der Waals surface area contributed by atoms with Crippen molar-refractivity contribution in [2.24, 2.45) is 0 Å². The maximum Gasteiger partial charge on any atom is 0.417 e. The van der Waals surface area contributed by atoms with E-state index in [-0.39, 0.29) is 17.0 Å². The highest BCUT2D eigenvalue weighted by molar-refractivity contribution is 5.94. The normalized spacial score (nSPS) is 17.8. The maximum atomic E-state index is 13.6. The number of carbonyl (C=O) groups is 1. The molecule has 0 spiro atoms. The Morgan fingerprint density at radius 1 is 1.00 bits per heavy atom. The molecule has 1 amide bonds. The molecule has 2 fully saturated rings. The summed E-state index contributed by atoms with van der Waals surface area (Å²) in [6.07, 6.45) is -4.52. The van der Waals surface area contributed by atoms with Gasteiger partial charge in [-0.25, -0.2) is 0 Å². The Balaban J connectivity index is 1.49. The van der Waals surface area contributed by atoms with Gasteiger partial charge in [0, 0.05) is 37.7 Å². The molecule has 0 atom stereocenters. The lowest BCUT2D eigenvalue weighted by molar-refractivity contribution is -0.137. The van der Waals surface area contributed by atoms with Crippen LogP contribution in [0.1, 0.15) is 11.1 Å². The van der Waals surface area contributed by atoms with E-state index in [0.29, 0.717) is 24.7 Å². The van der Waals surface area contributed by atoms with Crippen molar-refractivity contribution in [2.45, 2.75) is 12.2 Å². The summed E-state index contributed by atoms with van der Waals surface area (Å²) in [5.41, 5.74) is -0.0175. The molecule has 2 aliphatic heterocycles. The molecule has 30 heavy (non-hydrogen) atoms. The number of rotatable bonds is 2. The van der Waals surface area contributed by atoms with Gasteiger partial charge in [0.05, 0.1) is 24.8 Å². The smallest absolute Gasteiger partial charge is 0.378 e. The zero-order valence-electron chi connectivity index (χ0n) is 16.3. The van der Waals surface area contributed by atoms with Gasteiger partial charge >= 0.3 is 6.18 Å². The molecule has 2 saturated heterocycles. The van der Waals surface area contributed by atoms with Gasteiger partial charge in [0.15, 0.2) is 0 Å². The van der Waals surface area contributed by atoms with Crippen molar-refractivity contribution in [3.63, 3.8) is 0 Å². The van der Waals surface area contributed by atoms with Crippen LogP contribution in [-0.2, 0) is 15.7 Å². The fourth-order valence-electron chi connectivity index (χ4n) is 3.65. The van der Waals surface area contributed by atoms with E-state index in [4.69, 9.17) is 4.74 Å². The maximum absolute atomic E-state index is 13.6. The number of hydrogen-bond donors (Lipinski definition) is 0. The van der Waals surface area contributed by atoms with E-state index in [2.05, 4.69) is 16.7 Å². The van der Waals surface area contributed by atoms with Crippen molar-refractivity contribution in [1.82, 2.24) is 9.80 Å². The Hall–Kier alpha value is -2.82. The lowest BCUT2D eigenvalue weighted by Gasteiger charge is -2.42. The van der Waals surface area contributed by atoms with Gasteiger partial charge in [0.2, 0.25) is 0 Å². The van der Waals surface area contributed by atoms with Gasteiger partial charge in [-0.05, 0) is 23.3 Å². The SMILES string of the molecule is O=C(C#Cc1ccc(-c2ccccc2)c(C(F)(F)F)c1)N1CCN(C2COC2)CC1. The minimum Gasteiger partial charge on any atom is -0.378 e. The van der Waals surface area contributed by atoms with Crippen LogP contribution in [0.2, 0.25) is 0 Å². The van der Waals surface area contributed by atoms with Crippen molar-refractivity contribution in [3.8, 4) is 23.0 Å². The van der Waals surface area contributed by atoms with E-state index in [1.165, 1.54) is 12.1 Å².